The number of nitrogens with two attached hydrogens (primary N) is 1. The maximum atomic E-state index is 12.1. The zero-order valence-electron chi connectivity index (χ0n) is 9.93. The van der Waals surface area contributed by atoms with Crippen molar-refractivity contribution >= 4 is 11.6 Å². The Hall–Kier alpha value is -2.17. The van der Waals surface area contributed by atoms with E-state index in [2.05, 4.69) is 5.32 Å². The molecule has 0 bridgehead atoms. The Morgan fingerprint density at radius 2 is 2.39 bits per heavy atom. The predicted octanol–water partition coefficient (Wildman–Crippen LogP) is 1.93. The Morgan fingerprint density at radius 3 is 3.06 bits per heavy atom. The van der Waals surface area contributed by atoms with Crippen LogP contribution < -0.4 is 11.1 Å². The molecule has 1 amide bonds. The number of rotatable bonds is 4. The third-order valence-corrected chi connectivity index (χ3v) is 3.08. The summed E-state index contributed by atoms with van der Waals surface area (Å²) in [7, 11) is 0. The van der Waals surface area contributed by atoms with Crippen molar-refractivity contribution < 1.29 is 9.21 Å². The van der Waals surface area contributed by atoms with Crippen molar-refractivity contribution in [2.24, 2.45) is 0 Å². The van der Waals surface area contributed by atoms with Crippen LogP contribution in [0.3, 0.4) is 0 Å². The molecule has 3 rings (SSSR count). The lowest BCUT2D eigenvalue weighted by atomic mass is 10.3. The van der Waals surface area contributed by atoms with Gasteiger partial charge in [-0.05, 0) is 25.0 Å². The minimum atomic E-state index is -0.0974. The fraction of sp³-hybridized carbons (Fsp3) is 0.308. The number of amides is 1. The van der Waals surface area contributed by atoms with E-state index in [9.17, 15) is 4.79 Å². The molecule has 0 radical (unpaired) electrons. The van der Waals surface area contributed by atoms with E-state index < -0.39 is 0 Å². The van der Waals surface area contributed by atoms with Gasteiger partial charge in [0.05, 0.1) is 18.2 Å². The lowest BCUT2D eigenvalue weighted by Gasteiger charge is -2.07. The molecule has 0 aliphatic heterocycles. The molecule has 1 fully saturated rings. The molecule has 1 aliphatic rings. The summed E-state index contributed by atoms with van der Waals surface area (Å²) in [6, 6.07) is 3.99. The zero-order valence-corrected chi connectivity index (χ0v) is 9.93. The highest BCUT2D eigenvalue weighted by Gasteiger charge is 2.27. The van der Waals surface area contributed by atoms with Gasteiger partial charge in [-0.3, -0.25) is 4.79 Å². The number of hydrogen-bond donors (Lipinski definition) is 2. The second-order valence-electron chi connectivity index (χ2n) is 4.61. The van der Waals surface area contributed by atoms with Crippen molar-refractivity contribution in [1.82, 2.24) is 9.88 Å². The van der Waals surface area contributed by atoms with Gasteiger partial charge in [0, 0.05) is 24.3 Å². The van der Waals surface area contributed by atoms with Gasteiger partial charge in [-0.25, -0.2) is 0 Å². The van der Waals surface area contributed by atoms with E-state index in [4.69, 9.17) is 10.2 Å². The number of carbonyl (C=O) groups excluding carboxylic acids is 1. The topological polar surface area (TPSA) is 73.2 Å². The van der Waals surface area contributed by atoms with Crippen LogP contribution in [0.4, 0.5) is 5.69 Å². The molecule has 5 nitrogen and oxygen atoms in total. The lowest BCUT2D eigenvalue weighted by molar-refractivity contribution is 0.0941. The Balaban J connectivity index is 1.71. The molecule has 0 saturated heterocycles. The number of anilines is 1. The summed E-state index contributed by atoms with van der Waals surface area (Å²) < 4.78 is 6.92. The molecule has 0 spiro atoms. The number of aromatic nitrogens is 1. The van der Waals surface area contributed by atoms with Crippen LogP contribution in [0.15, 0.2) is 35.3 Å². The zero-order chi connectivity index (χ0) is 12.5. The van der Waals surface area contributed by atoms with Gasteiger partial charge in [0.2, 0.25) is 0 Å². The molecule has 94 valence electrons. The Labute approximate surface area is 105 Å². The number of nitrogens with one attached hydrogen (secondary N) is 1. The molecule has 5 heteroatoms. The largest absolute Gasteiger partial charge is 0.472 e. The summed E-state index contributed by atoms with van der Waals surface area (Å²) in [5.74, 6) is -0.0974. The smallest absolute Gasteiger partial charge is 0.268 e. The maximum absolute atomic E-state index is 12.1. The molecule has 18 heavy (non-hydrogen) atoms. The number of carbonyl (C=O) groups is 1. The van der Waals surface area contributed by atoms with Gasteiger partial charge in [0.25, 0.3) is 5.91 Å². The van der Waals surface area contributed by atoms with Gasteiger partial charge in [-0.2, -0.15) is 0 Å². The second kappa shape index (κ2) is 4.25. The summed E-state index contributed by atoms with van der Waals surface area (Å²) >= 11 is 0. The molecule has 1 saturated carbocycles. The normalized spacial score (nSPS) is 14.7. The number of nitrogens with zero attached hydrogens (tertiary/aromatic N) is 1. The lowest BCUT2D eigenvalue weighted by Crippen LogP contribution is -2.25. The molecule has 2 heterocycles. The van der Waals surface area contributed by atoms with Crippen molar-refractivity contribution in [2.45, 2.75) is 25.4 Å². The summed E-state index contributed by atoms with van der Waals surface area (Å²) in [5, 5.41) is 2.86. The maximum Gasteiger partial charge on any atom is 0.268 e. The fourth-order valence-corrected chi connectivity index (χ4v) is 2.00. The van der Waals surface area contributed by atoms with Crippen LogP contribution in [0.1, 0.15) is 34.9 Å². The van der Waals surface area contributed by atoms with E-state index in [1.807, 2.05) is 16.8 Å². The number of nitrogen functional groups attached to an aromatic ring is 1. The van der Waals surface area contributed by atoms with E-state index in [0.717, 1.165) is 18.4 Å². The highest BCUT2D eigenvalue weighted by molar-refractivity contribution is 5.93. The summed E-state index contributed by atoms with van der Waals surface area (Å²) in [5.41, 5.74) is 7.98. The Bertz CT molecular complexity index is 553. The average Bonchev–Trinajstić information content (AvgIpc) is 2.92. The van der Waals surface area contributed by atoms with Crippen LogP contribution in [0, 0.1) is 0 Å². The highest BCUT2D eigenvalue weighted by atomic mass is 16.3. The number of hydrogen-bond acceptors (Lipinski definition) is 3. The quantitative estimate of drug-likeness (QED) is 0.864. The molecule has 2 aromatic rings. The first-order valence-electron chi connectivity index (χ1n) is 6.00. The summed E-state index contributed by atoms with van der Waals surface area (Å²) in [6.45, 7) is 0.463. The Morgan fingerprint density at radius 1 is 1.56 bits per heavy atom. The molecular formula is C13H15N3O2. The first-order valence-corrected chi connectivity index (χ1v) is 6.00. The van der Waals surface area contributed by atoms with Crippen molar-refractivity contribution in [3.05, 3.63) is 42.1 Å². The van der Waals surface area contributed by atoms with Gasteiger partial charge in [0.1, 0.15) is 5.69 Å². The van der Waals surface area contributed by atoms with Gasteiger partial charge in [0.15, 0.2) is 0 Å². The van der Waals surface area contributed by atoms with Gasteiger partial charge < -0.3 is 20.0 Å². The molecule has 3 N–H and O–H groups in total. The van der Waals surface area contributed by atoms with Crippen LogP contribution in [0.25, 0.3) is 0 Å². The molecule has 0 atom stereocenters. The molecule has 1 aliphatic carbocycles. The SMILES string of the molecule is Nc1cc(C(=O)NCc2ccoc2)n(C2CC2)c1. The van der Waals surface area contributed by atoms with E-state index in [1.165, 1.54) is 0 Å². The van der Waals surface area contributed by atoms with E-state index in [1.54, 1.807) is 18.6 Å². The summed E-state index contributed by atoms with van der Waals surface area (Å²) in [4.78, 5) is 12.1. The Kier molecular flexibility index (Phi) is 2.59. The first kappa shape index (κ1) is 11.0. The van der Waals surface area contributed by atoms with Gasteiger partial charge in [-0.1, -0.05) is 0 Å². The van der Waals surface area contributed by atoms with Crippen molar-refractivity contribution in [3.8, 4) is 0 Å². The van der Waals surface area contributed by atoms with E-state index >= 15 is 0 Å². The molecular weight excluding hydrogens is 230 g/mol. The van der Waals surface area contributed by atoms with Crippen LogP contribution in [0.5, 0.6) is 0 Å². The third kappa shape index (κ3) is 2.11. The average molecular weight is 245 g/mol. The van der Waals surface area contributed by atoms with Crippen molar-refractivity contribution in [2.75, 3.05) is 5.73 Å². The molecule has 0 unspecified atom stereocenters. The minimum absolute atomic E-state index is 0.0974. The molecule has 2 aromatic heterocycles. The fourth-order valence-electron chi connectivity index (χ4n) is 2.00. The van der Waals surface area contributed by atoms with Crippen LogP contribution in [-0.4, -0.2) is 10.5 Å². The van der Waals surface area contributed by atoms with Crippen LogP contribution in [-0.2, 0) is 6.54 Å². The molecule has 0 aromatic carbocycles. The minimum Gasteiger partial charge on any atom is -0.472 e. The second-order valence-corrected chi connectivity index (χ2v) is 4.61. The summed E-state index contributed by atoms with van der Waals surface area (Å²) in [6.07, 6.45) is 7.29. The van der Waals surface area contributed by atoms with Crippen molar-refractivity contribution in [1.29, 1.82) is 0 Å². The monoisotopic (exact) mass is 245 g/mol. The van der Waals surface area contributed by atoms with Crippen LogP contribution in [0.2, 0.25) is 0 Å². The van der Waals surface area contributed by atoms with Crippen molar-refractivity contribution in [3.63, 3.8) is 0 Å². The first-order chi connectivity index (χ1) is 8.74. The van der Waals surface area contributed by atoms with E-state index in [-0.39, 0.29) is 5.91 Å². The highest BCUT2D eigenvalue weighted by Crippen LogP contribution is 2.37. The predicted molar refractivity (Wildman–Crippen MR) is 67.0 cm³/mol. The van der Waals surface area contributed by atoms with Gasteiger partial charge in [-0.15, -0.1) is 0 Å². The standard InChI is InChI=1S/C13H15N3O2/c14-10-5-12(16(7-10)11-1-2-11)13(17)15-6-9-3-4-18-8-9/h3-5,7-8,11H,1-2,6,14H2,(H,15,17). The third-order valence-electron chi connectivity index (χ3n) is 3.08. The number of furan rings is 1. The van der Waals surface area contributed by atoms with Gasteiger partial charge >= 0.3 is 0 Å². The van der Waals surface area contributed by atoms with E-state index in [0.29, 0.717) is 24.0 Å². The van der Waals surface area contributed by atoms with Crippen LogP contribution >= 0.6 is 0 Å².